The van der Waals surface area contributed by atoms with Gasteiger partial charge in [0, 0.05) is 11.4 Å². The number of benzene rings is 2. The first-order valence-electron chi connectivity index (χ1n) is 5.79. The van der Waals surface area contributed by atoms with Crippen molar-refractivity contribution in [3.63, 3.8) is 0 Å². The van der Waals surface area contributed by atoms with E-state index in [2.05, 4.69) is 5.43 Å². The number of nitrogens with one attached hydrogen (secondary N) is 1. The molecule has 0 aliphatic rings. The van der Waals surface area contributed by atoms with Gasteiger partial charge in [0.25, 0.3) is 0 Å². The third kappa shape index (κ3) is 2.93. The molecule has 0 heterocycles. The summed E-state index contributed by atoms with van der Waals surface area (Å²) in [7, 11) is 0. The molecule has 0 aliphatic heterocycles. The SMILES string of the molecule is NNc1ccc(C(=O)OC(=O)c2ccccc2N)cc1. The summed E-state index contributed by atoms with van der Waals surface area (Å²) in [6, 6.07) is 12.6. The summed E-state index contributed by atoms with van der Waals surface area (Å²) in [6.07, 6.45) is 0. The molecule has 0 aromatic heterocycles. The molecule has 0 fully saturated rings. The van der Waals surface area contributed by atoms with Crippen LogP contribution in [0.1, 0.15) is 20.7 Å². The first-order valence-corrected chi connectivity index (χ1v) is 5.79. The Bertz CT molecular complexity index is 638. The molecule has 0 saturated carbocycles. The monoisotopic (exact) mass is 271 g/mol. The summed E-state index contributed by atoms with van der Waals surface area (Å²) in [5, 5.41) is 0. The highest BCUT2D eigenvalue weighted by Gasteiger charge is 2.16. The van der Waals surface area contributed by atoms with E-state index in [1.165, 1.54) is 18.2 Å². The third-order valence-corrected chi connectivity index (χ3v) is 2.65. The minimum atomic E-state index is -0.783. The lowest BCUT2D eigenvalue weighted by atomic mass is 10.2. The van der Waals surface area contributed by atoms with Crippen LogP contribution in [0.2, 0.25) is 0 Å². The molecule has 20 heavy (non-hydrogen) atoms. The molecule has 0 saturated heterocycles. The molecule has 0 aliphatic carbocycles. The van der Waals surface area contributed by atoms with Crippen LogP contribution in [0.4, 0.5) is 11.4 Å². The van der Waals surface area contributed by atoms with Gasteiger partial charge in [-0.2, -0.15) is 0 Å². The highest BCUT2D eigenvalue weighted by molar-refractivity contribution is 6.04. The van der Waals surface area contributed by atoms with E-state index in [4.69, 9.17) is 16.3 Å². The van der Waals surface area contributed by atoms with Crippen molar-refractivity contribution in [2.75, 3.05) is 11.2 Å². The van der Waals surface area contributed by atoms with Gasteiger partial charge in [0.15, 0.2) is 0 Å². The van der Waals surface area contributed by atoms with Gasteiger partial charge in [0.05, 0.1) is 11.1 Å². The maximum absolute atomic E-state index is 11.8. The predicted molar refractivity (Wildman–Crippen MR) is 74.9 cm³/mol. The number of para-hydroxylation sites is 1. The number of ether oxygens (including phenoxy) is 1. The second-order valence-electron chi connectivity index (χ2n) is 3.99. The van der Waals surface area contributed by atoms with E-state index >= 15 is 0 Å². The standard InChI is InChI=1S/C14H13N3O3/c15-12-4-2-1-3-11(12)14(19)20-13(18)9-5-7-10(17-16)8-6-9/h1-8,17H,15-16H2. The molecule has 0 spiro atoms. The van der Waals surface area contributed by atoms with Crippen molar-refractivity contribution >= 4 is 23.3 Å². The molecular weight excluding hydrogens is 258 g/mol. The maximum atomic E-state index is 11.8. The Morgan fingerprint density at radius 3 is 2.20 bits per heavy atom. The molecule has 6 heteroatoms. The third-order valence-electron chi connectivity index (χ3n) is 2.65. The fraction of sp³-hybridized carbons (Fsp3) is 0. The lowest BCUT2D eigenvalue weighted by Crippen LogP contribution is -2.14. The number of hydrogen-bond donors (Lipinski definition) is 3. The van der Waals surface area contributed by atoms with E-state index in [0.29, 0.717) is 5.69 Å². The topological polar surface area (TPSA) is 107 Å². The second kappa shape index (κ2) is 5.85. The van der Waals surface area contributed by atoms with Gasteiger partial charge in [-0.05, 0) is 36.4 Å². The van der Waals surface area contributed by atoms with Crippen molar-refractivity contribution in [1.29, 1.82) is 0 Å². The zero-order chi connectivity index (χ0) is 14.5. The lowest BCUT2D eigenvalue weighted by Gasteiger charge is -2.06. The van der Waals surface area contributed by atoms with E-state index < -0.39 is 11.9 Å². The number of hydrogen-bond acceptors (Lipinski definition) is 6. The van der Waals surface area contributed by atoms with Crippen molar-refractivity contribution in [3.8, 4) is 0 Å². The Labute approximate surface area is 115 Å². The highest BCUT2D eigenvalue weighted by atomic mass is 16.6. The Kier molecular flexibility index (Phi) is 3.97. The summed E-state index contributed by atoms with van der Waals surface area (Å²) in [6.45, 7) is 0. The molecule has 0 amide bonds. The van der Waals surface area contributed by atoms with Gasteiger partial charge in [-0.3, -0.25) is 5.84 Å². The zero-order valence-electron chi connectivity index (χ0n) is 10.5. The number of nitrogen functional groups attached to an aromatic ring is 2. The van der Waals surface area contributed by atoms with Crippen LogP contribution in [-0.4, -0.2) is 11.9 Å². The van der Waals surface area contributed by atoms with Gasteiger partial charge >= 0.3 is 11.9 Å². The van der Waals surface area contributed by atoms with Crippen LogP contribution >= 0.6 is 0 Å². The minimum Gasteiger partial charge on any atom is -0.398 e. The van der Waals surface area contributed by atoms with Crippen LogP contribution in [-0.2, 0) is 4.74 Å². The second-order valence-corrected chi connectivity index (χ2v) is 3.99. The van der Waals surface area contributed by atoms with E-state index in [9.17, 15) is 9.59 Å². The first kappa shape index (κ1) is 13.6. The van der Waals surface area contributed by atoms with Crippen LogP contribution in [0.3, 0.4) is 0 Å². The Hall–Kier alpha value is -2.86. The Balaban J connectivity index is 2.11. The first-order chi connectivity index (χ1) is 9.61. The van der Waals surface area contributed by atoms with Gasteiger partial charge in [0.2, 0.25) is 0 Å². The van der Waals surface area contributed by atoms with Crippen LogP contribution in [0.25, 0.3) is 0 Å². The number of rotatable bonds is 3. The summed E-state index contributed by atoms with van der Waals surface area (Å²) in [5.41, 5.74) is 9.36. The quantitative estimate of drug-likeness (QED) is 0.257. The average molecular weight is 271 g/mol. The van der Waals surface area contributed by atoms with Gasteiger partial charge in [-0.1, -0.05) is 12.1 Å². The molecule has 6 nitrogen and oxygen atoms in total. The van der Waals surface area contributed by atoms with Crippen LogP contribution in [0.15, 0.2) is 48.5 Å². The summed E-state index contributed by atoms with van der Waals surface area (Å²) < 4.78 is 4.77. The van der Waals surface area contributed by atoms with Gasteiger partial charge in [-0.15, -0.1) is 0 Å². The molecule has 0 bridgehead atoms. The van der Waals surface area contributed by atoms with E-state index in [-0.39, 0.29) is 16.8 Å². The predicted octanol–water partition coefficient (Wildman–Crippen LogP) is 1.55. The Morgan fingerprint density at radius 2 is 1.60 bits per heavy atom. The summed E-state index contributed by atoms with van der Waals surface area (Å²) in [4.78, 5) is 23.6. The number of anilines is 2. The largest absolute Gasteiger partial charge is 0.398 e. The van der Waals surface area contributed by atoms with Crippen LogP contribution in [0.5, 0.6) is 0 Å². The van der Waals surface area contributed by atoms with E-state index in [1.807, 2.05) is 0 Å². The molecule has 2 aromatic carbocycles. The van der Waals surface area contributed by atoms with Crippen LogP contribution < -0.4 is 17.0 Å². The van der Waals surface area contributed by atoms with Crippen molar-refractivity contribution in [1.82, 2.24) is 0 Å². The molecule has 2 aromatic rings. The number of hydrazine groups is 1. The van der Waals surface area contributed by atoms with Gasteiger partial charge in [0.1, 0.15) is 0 Å². The van der Waals surface area contributed by atoms with Crippen molar-refractivity contribution in [2.24, 2.45) is 5.84 Å². The van der Waals surface area contributed by atoms with E-state index in [0.717, 1.165) is 0 Å². The fourth-order valence-corrected chi connectivity index (χ4v) is 1.58. The molecule has 0 unspecified atom stereocenters. The number of nitrogens with two attached hydrogens (primary N) is 2. The normalized spacial score (nSPS) is 9.85. The fourth-order valence-electron chi connectivity index (χ4n) is 1.58. The van der Waals surface area contributed by atoms with Crippen LogP contribution in [0, 0.1) is 0 Å². The average Bonchev–Trinajstić information content (AvgIpc) is 2.47. The van der Waals surface area contributed by atoms with E-state index in [1.54, 1.807) is 30.3 Å². The maximum Gasteiger partial charge on any atom is 0.348 e. The summed E-state index contributed by atoms with van der Waals surface area (Å²) in [5.74, 6) is 3.68. The molecule has 2 rings (SSSR count). The molecule has 5 N–H and O–H groups in total. The van der Waals surface area contributed by atoms with Crippen molar-refractivity contribution < 1.29 is 14.3 Å². The molecule has 0 atom stereocenters. The minimum absolute atomic E-state index is 0.154. The van der Waals surface area contributed by atoms with Gasteiger partial charge < -0.3 is 15.9 Å². The van der Waals surface area contributed by atoms with Crippen molar-refractivity contribution in [3.05, 3.63) is 59.7 Å². The smallest absolute Gasteiger partial charge is 0.348 e. The van der Waals surface area contributed by atoms with Gasteiger partial charge in [-0.25, -0.2) is 9.59 Å². The molecule has 0 radical (unpaired) electrons. The zero-order valence-corrected chi connectivity index (χ0v) is 10.5. The van der Waals surface area contributed by atoms with Crippen molar-refractivity contribution in [2.45, 2.75) is 0 Å². The number of esters is 2. The lowest BCUT2D eigenvalue weighted by molar-refractivity contribution is 0.0398. The summed E-state index contributed by atoms with van der Waals surface area (Å²) >= 11 is 0. The Morgan fingerprint density at radius 1 is 0.950 bits per heavy atom. The highest BCUT2D eigenvalue weighted by Crippen LogP contribution is 2.14. The molecule has 102 valence electrons. The number of carbonyl (C=O) groups excluding carboxylic acids is 2. The molecular formula is C14H13N3O3. The number of carbonyl (C=O) groups is 2.